The van der Waals surface area contributed by atoms with Crippen molar-refractivity contribution in [2.75, 3.05) is 11.6 Å². The summed E-state index contributed by atoms with van der Waals surface area (Å²) in [5, 5.41) is 2.74. The summed E-state index contributed by atoms with van der Waals surface area (Å²) in [5.41, 5.74) is 0.500. The van der Waals surface area contributed by atoms with Gasteiger partial charge >= 0.3 is 12.2 Å². The van der Waals surface area contributed by atoms with Gasteiger partial charge in [0.25, 0.3) is 0 Å². The zero-order valence-corrected chi connectivity index (χ0v) is 13.1. The van der Waals surface area contributed by atoms with E-state index >= 15 is 0 Å². The van der Waals surface area contributed by atoms with Crippen LogP contribution in [0.4, 0.5) is 23.7 Å². The van der Waals surface area contributed by atoms with Crippen LogP contribution >= 0.6 is 0 Å². The zero-order valence-electron chi connectivity index (χ0n) is 13.1. The van der Waals surface area contributed by atoms with E-state index in [9.17, 15) is 18.0 Å². The highest BCUT2D eigenvalue weighted by Gasteiger charge is 2.31. The summed E-state index contributed by atoms with van der Waals surface area (Å²) in [4.78, 5) is 19.1. The molecule has 25 heavy (non-hydrogen) atoms. The standard InChI is InChI=1S/C17H15F3N4O/c18-17(19,20)14-4-1-5-15(9-14)23-7-8-24(12-23)16(25)22-11-13-3-2-6-21-10-13/h1-10H,11-12H2,(H,22,25). The minimum Gasteiger partial charge on any atom is -0.334 e. The lowest BCUT2D eigenvalue weighted by molar-refractivity contribution is -0.137. The number of carbonyl (C=O) groups is 1. The largest absolute Gasteiger partial charge is 0.416 e. The number of amides is 2. The summed E-state index contributed by atoms with van der Waals surface area (Å²) in [5.74, 6) is 0. The van der Waals surface area contributed by atoms with E-state index in [2.05, 4.69) is 10.3 Å². The highest BCUT2D eigenvalue weighted by atomic mass is 19.4. The maximum absolute atomic E-state index is 12.8. The molecule has 8 heteroatoms. The molecule has 0 fully saturated rings. The molecule has 1 aromatic carbocycles. The first-order valence-electron chi connectivity index (χ1n) is 7.49. The molecule has 0 radical (unpaired) electrons. The normalized spacial score (nSPS) is 14.0. The van der Waals surface area contributed by atoms with Gasteiger partial charge in [-0.25, -0.2) is 4.79 Å². The Morgan fingerprint density at radius 3 is 2.76 bits per heavy atom. The number of carbonyl (C=O) groups excluding carboxylic acids is 1. The van der Waals surface area contributed by atoms with Gasteiger partial charge in [-0.15, -0.1) is 0 Å². The molecule has 0 bridgehead atoms. The van der Waals surface area contributed by atoms with Crippen LogP contribution in [0.25, 0.3) is 0 Å². The Balaban J connectivity index is 1.60. The second kappa shape index (κ2) is 6.84. The molecule has 1 aromatic heterocycles. The second-order valence-electron chi connectivity index (χ2n) is 5.45. The summed E-state index contributed by atoms with van der Waals surface area (Å²) < 4.78 is 38.4. The predicted molar refractivity (Wildman–Crippen MR) is 86.2 cm³/mol. The van der Waals surface area contributed by atoms with Gasteiger partial charge in [0.2, 0.25) is 0 Å². The van der Waals surface area contributed by atoms with Crippen molar-refractivity contribution in [1.82, 2.24) is 15.2 Å². The molecule has 1 aliphatic rings. The Morgan fingerprint density at radius 1 is 1.20 bits per heavy atom. The van der Waals surface area contributed by atoms with E-state index in [1.165, 1.54) is 17.2 Å². The van der Waals surface area contributed by atoms with Gasteiger partial charge in [-0.05, 0) is 29.8 Å². The molecule has 1 aliphatic heterocycles. The van der Waals surface area contributed by atoms with Crippen LogP contribution in [0.2, 0.25) is 0 Å². The van der Waals surface area contributed by atoms with Gasteiger partial charge in [-0.3, -0.25) is 9.88 Å². The zero-order chi connectivity index (χ0) is 17.9. The fourth-order valence-corrected chi connectivity index (χ4v) is 2.36. The van der Waals surface area contributed by atoms with Crippen LogP contribution in [0.5, 0.6) is 0 Å². The molecule has 0 saturated carbocycles. The Hall–Kier alpha value is -3.03. The van der Waals surface area contributed by atoms with Gasteiger partial charge in [0.05, 0.1) is 5.56 Å². The molecule has 0 spiro atoms. The molecular formula is C17H15F3N4O. The lowest BCUT2D eigenvalue weighted by atomic mass is 10.2. The third-order valence-electron chi connectivity index (χ3n) is 3.66. The molecule has 0 aliphatic carbocycles. The monoisotopic (exact) mass is 348 g/mol. The maximum Gasteiger partial charge on any atom is 0.416 e. The highest BCUT2D eigenvalue weighted by Crippen LogP contribution is 2.32. The number of nitrogens with zero attached hydrogens (tertiary/aromatic N) is 3. The first kappa shape index (κ1) is 16.8. The lowest BCUT2D eigenvalue weighted by Gasteiger charge is -2.21. The van der Waals surface area contributed by atoms with Crippen molar-refractivity contribution in [2.24, 2.45) is 0 Å². The second-order valence-corrected chi connectivity index (χ2v) is 5.45. The van der Waals surface area contributed by atoms with Crippen molar-refractivity contribution >= 4 is 11.7 Å². The number of urea groups is 1. The summed E-state index contributed by atoms with van der Waals surface area (Å²) >= 11 is 0. The fourth-order valence-electron chi connectivity index (χ4n) is 2.36. The minimum atomic E-state index is -4.40. The van der Waals surface area contributed by atoms with Gasteiger partial charge < -0.3 is 10.2 Å². The van der Waals surface area contributed by atoms with Crippen LogP contribution in [-0.4, -0.2) is 22.6 Å². The van der Waals surface area contributed by atoms with Gasteiger partial charge in [-0.1, -0.05) is 12.1 Å². The van der Waals surface area contributed by atoms with Crippen molar-refractivity contribution in [1.29, 1.82) is 0 Å². The summed E-state index contributed by atoms with van der Waals surface area (Å²) in [6, 6.07) is 8.25. The van der Waals surface area contributed by atoms with Crippen molar-refractivity contribution in [3.05, 3.63) is 72.3 Å². The summed E-state index contributed by atoms with van der Waals surface area (Å²) in [6.07, 6.45) is 1.98. The van der Waals surface area contributed by atoms with Crippen LogP contribution < -0.4 is 10.2 Å². The molecule has 1 N–H and O–H groups in total. The Kier molecular flexibility index (Phi) is 4.60. The molecule has 2 amide bonds. The number of pyridine rings is 1. The molecule has 2 aromatic rings. The lowest BCUT2D eigenvalue weighted by Crippen LogP contribution is -2.38. The number of aromatic nitrogens is 1. The number of hydrogen-bond donors (Lipinski definition) is 1. The van der Waals surface area contributed by atoms with Crippen LogP contribution in [0.15, 0.2) is 61.2 Å². The minimum absolute atomic E-state index is 0.139. The molecule has 0 unspecified atom stereocenters. The summed E-state index contributed by atoms with van der Waals surface area (Å²) in [6.45, 7) is 0.459. The Labute approximate surface area is 142 Å². The van der Waals surface area contributed by atoms with Crippen LogP contribution in [-0.2, 0) is 12.7 Å². The molecule has 0 atom stereocenters. The quantitative estimate of drug-likeness (QED) is 0.923. The van der Waals surface area contributed by atoms with E-state index in [-0.39, 0.29) is 12.7 Å². The molecule has 2 heterocycles. The van der Waals surface area contributed by atoms with Crippen molar-refractivity contribution in [3.63, 3.8) is 0 Å². The van der Waals surface area contributed by atoms with E-state index in [4.69, 9.17) is 0 Å². The van der Waals surface area contributed by atoms with Gasteiger partial charge in [0.15, 0.2) is 0 Å². The SMILES string of the molecule is O=C(NCc1cccnc1)N1C=CN(c2cccc(C(F)(F)F)c2)C1. The number of halogens is 3. The highest BCUT2D eigenvalue weighted by molar-refractivity contribution is 5.76. The van der Waals surface area contributed by atoms with E-state index in [1.54, 1.807) is 35.6 Å². The van der Waals surface area contributed by atoms with E-state index in [1.807, 2.05) is 6.07 Å². The van der Waals surface area contributed by atoms with E-state index in [0.717, 1.165) is 17.7 Å². The van der Waals surface area contributed by atoms with E-state index < -0.39 is 11.7 Å². The topological polar surface area (TPSA) is 48.5 Å². The van der Waals surface area contributed by atoms with Crippen molar-refractivity contribution in [2.45, 2.75) is 12.7 Å². The Bertz CT molecular complexity index is 777. The van der Waals surface area contributed by atoms with E-state index in [0.29, 0.717) is 12.2 Å². The average Bonchev–Trinajstić information content (AvgIpc) is 3.10. The van der Waals surface area contributed by atoms with Crippen LogP contribution in [0.3, 0.4) is 0 Å². The number of benzene rings is 1. The number of alkyl halides is 3. The molecule has 3 rings (SSSR count). The number of anilines is 1. The third-order valence-corrected chi connectivity index (χ3v) is 3.66. The molecular weight excluding hydrogens is 333 g/mol. The third kappa shape index (κ3) is 4.09. The van der Waals surface area contributed by atoms with Gasteiger partial charge in [-0.2, -0.15) is 13.2 Å². The molecule has 5 nitrogen and oxygen atoms in total. The number of nitrogens with one attached hydrogen (secondary N) is 1. The predicted octanol–water partition coefficient (Wildman–Crippen LogP) is 3.56. The van der Waals surface area contributed by atoms with Crippen LogP contribution in [0, 0.1) is 0 Å². The number of hydrogen-bond acceptors (Lipinski definition) is 3. The van der Waals surface area contributed by atoms with Crippen molar-refractivity contribution < 1.29 is 18.0 Å². The first-order chi connectivity index (χ1) is 11.9. The van der Waals surface area contributed by atoms with Gasteiger partial charge in [0.1, 0.15) is 6.67 Å². The smallest absolute Gasteiger partial charge is 0.334 e. The summed E-state index contributed by atoms with van der Waals surface area (Å²) in [7, 11) is 0. The average molecular weight is 348 g/mol. The molecule has 0 saturated heterocycles. The first-order valence-corrected chi connectivity index (χ1v) is 7.49. The van der Waals surface area contributed by atoms with Gasteiger partial charge in [0, 0.05) is 37.0 Å². The number of rotatable bonds is 3. The maximum atomic E-state index is 12.8. The van der Waals surface area contributed by atoms with Crippen LogP contribution in [0.1, 0.15) is 11.1 Å². The Morgan fingerprint density at radius 2 is 2.04 bits per heavy atom. The fraction of sp³-hybridized carbons (Fsp3) is 0.176. The van der Waals surface area contributed by atoms with Crippen molar-refractivity contribution in [3.8, 4) is 0 Å². The molecule has 130 valence electrons.